The topological polar surface area (TPSA) is 255 Å². The first-order valence-corrected chi connectivity index (χ1v) is 28.4. The number of amides is 7. The van der Waals surface area contributed by atoms with Gasteiger partial charge in [0.05, 0.1) is 20.3 Å². The second kappa shape index (κ2) is 24.1. The molecule has 10 atom stereocenters. The van der Waals surface area contributed by atoms with Crippen LogP contribution in [0.2, 0.25) is 0 Å². The average Bonchev–Trinajstić information content (AvgIpc) is 3.74. The number of urea groups is 2. The predicted molar refractivity (Wildman–Crippen MR) is 303 cm³/mol. The molecule has 0 radical (unpaired) electrons. The number of nitrogens with one attached hydrogen (secondary N) is 4. The molecular formula is C57H99N9O12S. The molecule has 2 aliphatic heterocycles. The van der Waals surface area contributed by atoms with Gasteiger partial charge in [0.25, 0.3) is 10.0 Å². The molecule has 2 saturated carbocycles. The Balaban J connectivity index is 0.000000411. The first kappa shape index (κ1) is 68.0. The van der Waals surface area contributed by atoms with Crippen LogP contribution in [0.3, 0.4) is 0 Å². The van der Waals surface area contributed by atoms with Gasteiger partial charge in [-0.25, -0.2) is 37.4 Å². The number of carbonyl (C=O) groups excluding carboxylic acids is 7. The Bertz CT molecular complexity index is 2490. The van der Waals surface area contributed by atoms with Crippen LogP contribution in [0.4, 0.5) is 14.4 Å². The monoisotopic (exact) mass is 1130 g/mol. The summed E-state index contributed by atoms with van der Waals surface area (Å²) < 4.78 is 42.8. The number of likely N-dealkylation sites (tertiary alicyclic amines) is 2. The first-order valence-electron chi connectivity index (χ1n) is 27.0. The molecule has 4 fully saturated rings. The van der Waals surface area contributed by atoms with Crippen molar-refractivity contribution >= 4 is 51.9 Å². The van der Waals surface area contributed by atoms with Crippen molar-refractivity contribution in [3.05, 3.63) is 24.4 Å². The highest BCUT2D eigenvalue weighted by Crippen LogP contribution is 2.66. The number of ether oxygens (including phenoxy) is 3. The van der Waals surface area contributed by atoms with Gasteiger partial charge in [-0.15, -0.1) is 0 Å². The number of sulfonamides is 1. The van der Waals surface area contributed by atoms with E-state index in [1.165, 1.54) is 38.4 Å². The van der Waals surface area contributed by atoms with Gasteiger partial charge in [0.2, 0.25) is 11.8 Å². The number of rotatable bonds is 14. The second-order valence-corrected chi connectivity index (χ2v) is 30.3. The SMILES string of the molecule is C.COC(=O)[C@@H]1[C@@H]2[C@H](CN1C(=O)[C@@H](NC(=O)N[C@H](CN(C)C(=O)OC(C)(C)C)C(C)(C)C)C(C)(C)C)C2(C)C.COC(=O)[C@@H]1[C@@H]2[C@H](CN1C(=O)[C@@H](NC(=O)N[C@H](CN(C)S(=O)(=O)c1ccccn1)C(C)(C)C)C(C)(C)C)C2(C)C. The lowest BCUT2D eigenvalue weighted by molar-refractivity contribution is -0.154. The van der Waals surface area contributed by atoms with Crippen LogP contribution in [0.25, 0.3) is 0 Å². The zero-order valence-corrected chi connectivity index (χ0v) is 51.8. The summed E-state index contributed by atoms with van der Waals surface area (Å²) in [6.07, 6.45) is 0.924. The summed E-state index contributed by atoms with van der Waals surface area (Å²) in [6, 6.07) is -0.667. The number of carbonyl (C=O) groups is 7. The van der Waals surface area contributed by atoms with Gasteiger partial charge in [0.1, 0.15) is 29.8 Å². The predicted octanol–water partition coefficient (Wildman–Crippen LogP) is 6.76. The third-order valence-electron chi connectivity index (χ3n) is 16.3. The molecule has 2 aliphatic carbocycles. The van der Waals surface area contributed by atoms with Crippen LogP contribution >= 0.6 is 0 Å². The highest BCUT2D eigenvalue weighted by atomic mass is 32.2. The number of aromatic nitrogens is 1. The van der Waals surface area contributed by atoms with Crippen molar-refractivity contribution < 1.29 is 56.2 Å². The van der Waals surface area contributed by atoms with Gasteiger partial charge in [-0.05, 0) is 77.2 Å². The number of esters is 2. The Morgan fingerprint density at radius 1 is 0.633 bits per heavy atom. The molecule has 22 heteroatoms. The molecular weight excluding hydrogens is 1030 g/mol. The fourth-order valence-electron chi connectivity index (χ4n) is 10.9. The summed E-state index contributed by atoms with van der Waals surface area (Å²) >= 11 is 0. The molecule has 450 valence electrons. The van der Waals surface area contributed by atoms with Gasteiger partial charge < -0.3 is 50.2 Å². The summed E-state index contributed by atoms with van der Waals surface area (Å²) in [4.78, 5) is 101. The Morgan fingerprint density at radius 3 is 1.33 bits per heavy atom. The molecule has 1 aromatic heterocycles. The molecule has 0 aromatic carbocycles. The number of fused-ring (bicyclic) bond motifs is 2. The van der Waals surface area contributed by atoms with E-state index in [2.05, 4.69) is 53.9 Å². The molecule has 4 aliphatic rings. The highest BCUT2D eigenvalue weighted by Gasteiger charge is 2.71. The van der Waals surface area contributed by atoms with Crippen molar-refractivity contribution in [1.82, 2.24) is 45.3 Å². The molecule has 4 N–H and O–H groups in total. The largest absolute Gasteiger partial charge is 0.467 e. The zero-order valence-electron chi connectivity index (χ0n) is 51.0. The van der Waals surface area contributed by atoms with Crippen LogP contribution in [-0.2, 0) is 43.4 Å². The van der Waals surface area contributed by atoms with Crippen LogP contribution in [0.5, 0.6) is 0 Å². The Hall–Kier alpha value is -5.25. The standard InChI is InChI=1S/C28H45N5O6S.C28H50N4O6.CH4/c1-26(2,3)18(16-32(9)40(37,38)19-13-11-12-14-29-19)30-25(36)31-22(27(4,5)6)23(34)33-15-17-20(28(17,7)8)21(33)24(35)39-10;1-25(2,3)17(15-31(12)24(36)38-27(7,8)9)29-23(35)30-20(26(4,5)6)21(33)32-14-16-18(28(16,10)11)19(32)22(34)37-13;/h11-14,17-18,20-22H,15-16H2,1-10H3,(H2,30,31,36);16-20H,14-15H2,1-13H3,(H2,29,30,35);1H4/t17-,18+,20-,21-,22+;16-,17+,18-,19-,20+;/m00./s1. The maximum Gasteiger partial charge on any atom is 0.410 e. The minimum Gasteiger partial charge on any atom is -0.467 e. The van der Waals surface area contributed by atoms with Crippen molar-refractivity contribution in [1.29, 1.82) is 0 Å². The Morgan fingerprint density at radius 2 is 1.01 bits per heavy atom. The van der Waals surface area contributed by atoms with Crippen molar-refractivity contribution in [2.75, 3.05) is 54.5 Å². The smallest absolute Gasteiger partial charge is 0.410 e. The van der Waals surface area contributed by atoms with Gasteiger partial charge in [-0.1, -0.05) is 124 Å². The van der Waals surface area contributed by atoms with E-state index in [-0.39, 0.29) is 71.9 Å². The number of likely N-dealkylation sites (N-methyl/N-ethyl adjacent to an activating group) is 2. The van der Waals surface area contributed by atoms with Gasteiger partial charge in [-0.2, -0.15) is 4.31 Å². The number of hydrogen-bond acceptors (Lipinski definition) is 13. The molecule has 79 heavy (non-hydrogen) atoms. The van der Waals surface area contributed by atoms with E-state index in [0.29, 0.717) is 13.1 Å². The summed E-state index contributed by atoms with van der Waals surface area (Å²) in [5.41, 5.74) is -2.94. The number of nitrogens with zero attached hydrogens (tertiary/aromatic N) is 5. The van der Waals surface area contributed by atoms with Crippen LogP contribution in [-0.4, -0.2) is 171 Å². The molecule has 5 rings (SSSR count). The van der Waals surface area contributed by atoms with Crippen molar-refractivity contribution in [3.8, 4) is 0 Å². The van der Waals surface area contributed by atoms with E-state index in [1.807, 2.05) is 83.1 Å². The van der Waals surface area contributed by atoms with E-state index in [1.54, 1.807) is 49.8 Å². The first-order chi connectivity index (χ1) is 35.3. The lowest BCUT2D eigenvalue weighted by atomic mass is 9.85. The van der Waals surface area contributed by atoms with Crippen LogP contribution in [0.1, 0.15) is 139 Å². The average molecular weight is 1130 g/mol. The van der Waals surface area contributed by atoms with Crippen molar-refractivity contribution in [2.45, 2.75) is 186 Å². The fourth-order valence-corrected chi connectivity index (χ4v) is 12.0. The van der Waals surface area contributed by atoms with Crippen LogP contribution in [0.15, 0.2) is 29.4 Å². The molecule has 1 aromatic rings. The highest BCUT2D eigenvalue weighted by molar-refractivity contribution is 7.89. The number of piperidine rings is 2. The summed E-state index contributed by atoms with van der Waals surface area (Å²) in [5, 5.41) is 11.5. The lowest BCUT2D eigenvalue weighted by Gasteiger charge is -2.38. The number of pyridine rings is 1. The third-order valence-corrected chi connectivity index (χ3v) is 18.0. The van der Waals surface area contributed by atoms with Gasteiger partial charge in [0.15, 0.2) is 5.03 Å². The van der Waals surface area contributed by atoms with Crippen molar-refractivity contribution in [3.63, 3.8) is 0 Å². The van der Waals surface area contributed by atoms with E-state index in [9.17, 15) is 42.0 Å². The third kappa shape index (κ3) is 15.8. The molecule has 21 nitrogen and oxygen atoms in total. The normalized spacial score (nSPS) is 23.5. The number of hydrogen-bond donors (Lipinski definition) is 4. The lowest BCUT2D eigenvalue weighted by Crippen LogP contribution is -2.61. The molecule has 0 bridgehead atoms. The maximum absolute atomic E-state index is 13.9. The minimum atomic E-state index is -3.88. The zero-order chi connectivity index (χ0) is 60.0. The Labute approximate surface area is 472 Å². The van der Waals surface area contributed by atoms with Crippen molar-refractivity contribution in [2.24, 2.45) is 56.2 Å². The van der Waals surface area contributed by atoms with Gasteiger partial charge >= 0.3 is 30.1 Å². The van der Waals surface area contributed by atoms with Gasteiger partial charge in [-0.3, -0.25) is 9.59 Å². The maximum atomic E-state index is 13.9. The second-order valence-electron chi connectivity index (χ2n) is 28.3. The molecule has 2 saturated heterocycles. The quantitative estimate of drug-likeness (QED) is 0.111. The Kier molecular flexibility index (Phi) is 20.7. The van der Waals surface area contributed by atoms with Crippen LogP contribution in [0, 0.1) is 56.2 Å². The van der Waals surface area contributed by atoms with E-state index in [0.717, 1.165) is 4.31 Å². The van der Waals surface area contributed by atoms with Crippen LogP contribution < -0.4 is 21.3 Å². The molecule has 0 spiro atoms. The van der Waals surface area contributed by atoms with Gasteiger partial charge in [0, 0.05) is 64.3 Å². The molecule has 7 amide bonds. The van der Waals surface area contributed by atoms with E-state index < -0.39 is 104 Å². The summed E-state index contributed by atoms with van der Waals surface area (Å²) in [6.45, 7) is 37.6. The molecule has 0 unspecified atom stereocenters. The molecule has 3 heterocycles. The summed E-state index contributed by atoms with van der Waals surface area (Å²) in [7, 11) is 1.84. The summed E-state index contributed by atoms with van der Waals surface area (Å²) in [5.74, 6) is -1.05. The number of methoxy groups -OCH3 is 2. The fraction of sp³-hybridized carbons (Fsp3) is 0.789. The van der Waals surface area contributed by atoms with E-state index >= 15 is 0 Å². The minimum absolute atomic E-state index is 0. The van der Waals surface area contributed by atoms with E-state index in [4.69, 9.17) is 14.2 Å².